The van der Waals surface area contributed by atoms with E-state index in [-0.39, 0.29) is 11.8 Å². The molecule has 102 valence electrons. The van der Waals surface area contributed by atoms with Crippen molar-refractivity contribution in [3.63, 3.8) is 0 Å². The van der Waals surface area contributed by atoms with Crippen LogP contribution in [0.5, 0.6) is 5.75 Å². The van der Waals surface area contributed by atoms with Crippen LogP contribution in [-0.2, 0) is 11.3 Å². The van der Waals surface area contributed by atoms with Gasteiger partial charge in [0.1, 0.15) is 5.75 Å². The van der Waals surface area contributed by atoms with Crippen LogP contribution in [0.1, 0.15) is 22.6 Å². The Morgan fingerprint density at radius 2 is 1.95 bits per heavy atom. The van der Waals surface area contributed by atoms with Gasteiger partial charge in [-0.3, -0.25) is 4.79 Å². The van der Waals surface area contributed by atoms with Crippen LogP contribution in [0.15, 0.2) is 48.5 Å². The van der Waals surface area contributed by atoms with Crippen molar-refractivity contribution in [2.45, 2.75) is 12.5 Å². The molecule has 0 radical (unpaired) electrons. The normalized spacial score (nSPS) is 17.8. The van der Waals surface area contributed by atoms with E-state index in [0.717, 1.165) is 16.9 Å². The molecule has 0 aromatic heterocycles. The number of carbonyl (C=O) groups excluding carboxylic acids is 1. The third-order valence-electron chi connectivity index (χ3n) is 3.82. The van der Waals surface area contributed by atoms with Gasteiger partial charge in [-0.25, -0.2) is 0 Å². The summed E-state index contributed by atoms with van der Waals surface area (Å²) in [5.74, 6) is 0.679. The molecule has 3 heteroatoms. The van der Waals surface area contributed by atoms with Gasteiger partial charge >= 0.3 is 0 Å². The summed E-state index contributed by atoms with van der Waals surface area (Å²) in [6.45, 7) is 0.676. The van der Waals surface area contributed by atoms with Gasteiger partial charge in [0, 0.05) is 13.6 Å². The molecular weight excluding hydrogens is 250 g/mol. The number of hydrogen-bond acceptors (Lipinski definition) is 2. The topological polar surface area (TPSA) is 29.5 Å². The van der Waals surface area contributed by atoms with Gasteiger partial charge in [-0.2, -0.15) is 0 Å². The van der Waals surface area contributed by atoms with E-state index in [1.165, 1.54) is 5.56 Å². The molecule has 2 aromatic rings. The second-order valence-corrected chi connectivity index (χ2v) is 5.10. The predicted octanol–water partition coefficient (Wildman–Crippen LogP) is 2.80. The summed E-state index contributed by atoms with van der Waals surface area (Å²) >= 11 is 0. The van der Waals surface area contributed by atoms with Crippen molar-refractivity contribution in [1.82, 2.24) is 4.90 Å². The molecule has 0 N–H and O–H groups in total. The Balaban J connectivity index is 2.13. The molecule has 0 spiro atoms. The molecule has 1 atom stereocenters. The molecule has 1 heterocycles. The summed E-state index contributed by atoms with van der Waals surface area (Å²) < 4.78 is 5.27. The Kier molecular flexibility index (Phi) is 3.18. The molecule has 1 unspecified atom stereocenters. The number of ether oxygens (including phenoxy) is 1. The molecule has 3 rings (SSSR count). The van der Waals surface area contributed by atoms with Crippen LogP contribution in [-0.4, -0.2) is 25.0 Å². The lowest BCUT2D eigenvalue weighted by molar-refractivity contribution is -0.131. The summed E-state index contributed by atoms with van der Waals surface area (Å²) in [5, 5.41) is 0. The van der Waals surface area contributed by atoms with Crippen molar-refractivity contribution in [1.29, 1.82) is 0 Å². The van der Waals surface area contributed by atoms with E-state index in [4.69, 9.17) is 4.74 Å². The fourth-order valence-corrected chi connectivity index (χ4v) is 2.79. The fraction of sp³-hybridized carbons (Fsp3) is 0.235. The first-order chi connectivity index (χ1) is 9.70. The van der Waals surface area contributed by atoms with Crippen LogP contribution in [0.3, 0.4) is 0 Å². The van der Waals surface area contributed by atoms with Crippen LogP contribution < -0.4 is 4.74 Å². The highest BCUT2D eigenvalue weighted by Gasteiger charge is 2.32. The Labute approximate surface area is 118 Å². The maximum atomic E-state index is 12.6. The van der Waals surface area contributed by atoms with Crippen LogP contribution in [0, 0.1) is 0 Å². The number of fused-ring (bicyclic) bond motifs is 1. The molecule has 1 aliphatic heterocycles. The number of hydrogen-bond donors (Lipinski definition) is 0. The minimum Gasteiger partial charge on any atom is -0.497 e. The lowest BCUT2D eigenvalue weighted by Crippen LogP contribution is -2.36. The smallest absolute Gasteiger partial charge is 0.234 e. The zero-order valence-corrected chi connectivity index (χ0v) is 11.7. The average Bonchev–Trinajstić information content (AvgIpc) is 2.48. The average molecular weight is 267 g/mol. The Morgan fingerprint density at radius 3 is 2.75 bits per heavy atom. The minimum absolute atomic E-state index is 0.136. The standard InChI is InChI=1S/C17H17NO2/c1-18-11-13-6-3-4-9-15(13)16(17(18)19)12-7-5-8-14(10-12)20-2/h3-10,16H,11H2,1-2H3. The van der Waals surface area contributed by atoms with Crippen LogP contribution in [0.25, 0.3) is 0 Å². The highest BCUT2D eigenvalue weighted by Crippen LogP contribution is 2.34. The molecule has 0 saturated heterocycles. The van der Waals surface area contributed by atoms with E-state index >= 15 is 0 Å². The fourth-order valence-electron chi connectivity index (χ4n) is 2.79. The van der Waals surface area contributed by atoms with E-state index in [0.29, 0.717) is 6.54 Å². The predicted molar refractivity (Wildman–Crippen MR) is 77.8 cm³/mol. The molecule has 0 aliphatic carbocycles. The first kappa shape index (κ1) is 12.7. The van der Waals surface area contributed by atoms with Gasteiger partial charge in [0.25, 0.3) is 0 Å². The molecule has 1 amide bonds. The SMILES string of the molecule is COc1cccc(C2C(=O)N(C)Cc3ccccc32)c1. The molecule has 20 heavy (non-hydrogen) atoms. The first-order valence-electron chi connectivity index (χ1n) is 6.67. The van der Waals surface area contributed by atoms with Crippen molar-refractivity contribution in [2.24, 2.45) is 0 Å². The van der Waals surface area contributed by atoms with Crippen molar-refractivity contribution in [3.05, 3.63) is 65.2 Å². The Morgan fingerprint density at radius 1 is 1.15 bits per heavy atom. The van der Waals surface area contributed by atoms with E-state index < -0.39 is 0 Å². The zero-order valence-electron chi connectivity index (χ0n) is 11.7. The summed E-state index contributed by atoms with van der Waals surface area (Å²) in [5.41, 5.74) is 3.29. The molecule has 3 nitrogen and oxygen atoms in total. The zero-order chi connectivity index (χ0) is 14.1. The molecule has 1 aliphatic rings. The third kappa shape index (κ3) is 2.05. The number of likely N-dealkylation sites (N-methyl/N-ethyl adjacent to an activating group) is 1. The van der Waals surface area contributed by atoms with Gasteiger partial charge in [0.05, 0.1) is 13.0 Å². The molecule has 0 fully saturated rings. The van der Waals surface area contributed by atoms with Gasteiger partial charge in [-0.15, -0.1) is 0 Å². The van der Waals surface area contributed by atoms with E-state index in [1.54, 1.807) is 12.0 Å². The van der Waals surface area contributed by atoms with Crippen LogP contribution in [0.2, 0.25) is 0 Å². The number of carbonyl (C=O) groups is 1. The molecule has 0 saturated carbocycles. The molecular formula is C17H17NO2. The first-order valence-corrected chi connectivity index (χ1v) is 6.67. The van der Waals surface area contributed by atoms with Gasteiger partial charge in [-0.05, 0) is 28.8 Å². The number of benzene rings is 2. The largest absolute Gasteiger partial charge is 0.497 e. The van der Waals surface area contributed by atoms with Gasteiger partial charge in [0.15, 0.2) is 0 Å². The monoisotopic (exact) mass is 267 g/mol. The Bertz CT molecular complexity index is 651. The highest BCUT2D eigenvalue weighted by molar-refractivity contribution is 5.89. The summed E-state index contributed by atoms with van der Waals surface area (Å²) in [7, 11) is 3.49. The van der Waals surface area contributed by atoms with Crippen LogP contribution in [0.4, 0.5) is 0 Å². The van der Waals surface area contributed by atoms with Gasteiger partial charge in [0.2, 0.25) is 5.91 Å². The second kappa shape index (κ2) is 5.00. The van der Waals surface area contributed by atoms with E-state index in [9.17, 15) is 4.79 Å². The van der Waals surface area contributed by atoms with Crippen molar-refractivity contribution in [2.75, 3.05) is 14.2 Å². The van der Waals surface area contributed by atoms with Gasteiger partial charge < -0.3 is 9.64 Å². The maximum Gasteiger partial charge on any atom is 0.234 e. The number of rotatable bonds is 2. The highest BCUT2D eigenvalue weighted by atomic mass is 16.5. The molecule has 2 aromatic carbocycles. The Hall–Kier alpha value is -2.29. The van der Waals surface area contributed by atoms with Crippen molar-refractivity contribution >= 4 is 5.91 Å². The second-order valence-electron chi connectivity index (χ2n) is 5.10. The van der Waals surface area contributed by atoms with Crippen LogP contribution >= 0.6 is 0 Å². The number of methoxy groups -OCH3 is 1. The quantitative estimate of drug-likeness (QED) is 0.837. The summed E-state index contributed by atoms with van der Waals surface area (Å²) in [6.07, 6.45) is 0. The van der Waals surface area contributed by atoms with E-state index in [2.05, 4.69) is 6.07 Å². The summed E-state index contributed by atoms with van der Waals surface area (Å²) in [4.78, 5) is 14.4. The van der Waals surface area contributed by atoms with Crippen molar-refractivity contribution in [3.8, 4) is 5.75 Å². The van der Waals surface area contributed by atoms with Gasteiger partial charge in [-0.1, -0.05) is 36.4 Å². The third-order valence-corrected chi connectivity index (χ3v) is 3.82. The maximum absolute atomic E-state index is 12.6. The number of nitrogens with zero attached hydrogens (tertiary/aromatic N) is 1. The van der Waals surface area contributed by atoms with E-state index in [1.807, 2.05) is 49.5 Å². The lowest BCUT2D eigenvalue weighted by Gasteiger charge is -2.32. The van der Waals surface area contributed by atoms with Crippen molar-refractivity contribution < 1.29 is 9.53 Å². The summed E-state index contributed by atoms with van der Waals surface area (Å²) in [6, 6.07) is 15.9. The minimum atomic E-state index is -0.236. The molecule has 0 bridgehead atoms. The lowest BCUT2D eigenvalue weighted by atomic mass is 9.84. The number of amides is 1.